The van der Waals surface area contributed by atoms with Crippen LogP contribution in [0.1, 0.15) is 18.1 Å². The highest BCUT2D eigenvalue weighted by atomic mass is 16.5. The molecule has 0 bridgehead atoms. The second kappa shape index (κ2) is 6.31. The predicted molar refractivity (Wildman–Crippen MR) is 84.8 cm³/mol. The molecule has 1 aromatic carbocycles. The van der Waals surface area contributed by atoms with Gasteiger partial charge in [0.25, 0.3) is 0 Å². The summed E-state index contributed by atoms with van der Waals surface area (Å²) in [6.45, 7) is 4.32. The molecule has 1 aliphatic heterocycles. The van der Waals surface area contributed by atoms with Crippen LogP contribution in [0.3, 0.4) is 0 Å². The van der Waals surface area contributed by atoms with Crippen molar-refractivity contribution in [2.24, 2.45) is 0 Å². The Labute approximate surface area is 127 Å². The van der Waals surface area contributed by atoms with Gasteiger partial charge < -0.3 is 14.5 Å². The highest BCUT2D eigenvalue weighted by Gasteiger charge is 2.39. The largest absolute Gasteiger partial charge is 0.464 e. The Morgan fingerprint density at radius 3 is 2.43 bits per heavy atom. The molecule has 0 radical (unpaired) electrons. The third-order valence-corrected chi connectivity index (χ3v) is 3.92. The van der Waals surface area contributed by atoms with Gasteiger partial charge in [0.1, 0.15) is 6.04 Å². The standard InChI is InChI=1S/C17H24N2O2/c1-6-21-17(20)16-15(18(3)4)11-14(19(16)5)13-9-7-12(2)8-10-13/h7-11,15-16H,6H2,1-5H3/t15-,16+/m0/s1. The zero-order chi connectivity index (χ0) is 15.6. The van der Waals surface area contributed by atoms with Crippen molar-refractivity contribution >= 4 is 11.7 Å². The number of likely N-dealkylation sites (N-methyl/N-ethyl adjacent to an activating group) is 2. The van der Waals surface area contributed by atoms with Crippen molar-refractivity contribution < 1.29 is 9.53 Å². The van der Waals surface area contributed by atoms with E-state index in [1.54, 1.807) is 0 Å². The first kappa shape index (κ1) is 15.6. The van der Waals surface area contributed by atoms with Gasteiger partial charge in [-0.1, -0.05) is 29.8 Å². The van der Waals surface area contributed by atoms with E-state index in [-0.39, 0.29) is 18.1 Å². The fourth-order valence-electron chi connectivity index (χ4n) is 2.73. The highest BCUT2D eigenvalue weighted by Crippen LogP contribution is 2.31. The van der Waals surface area contributed by atoms with Crippen LogP contribution in [0.15, 0.2) is 30.3 Å². The number of rotatable bonds is 4. The molecule has 4 nitrogen and oxygen atoms in total. The van der Waals surface area contributed by atoms with Gasteiger partial charge in [-0.3, -0.25) is 0 Å². The van der Waals surface area contributed by atoms with Crippen LogP contribution in [0.25, 0.3) is 5.70 Å². The van der Waals surface area contributed by atoms with Crippen LogP contribution in [0.2, 0.25) is 0 Å². The number of esters is 1. The van der Waals surface area contributed by atoms with Crippen molar-refractivity contribution in [2.45, 2.75) is 25.9 Å². The Balaban J connectivity index is 2.33. The van der Waals surface area contributed by atoms with Crippen molar-refractivity contribution in [3.05, 3.63) is 41.5 Å². The topological polar surface area (TPSA) is 32.8 Å². The average Bonchev–Trinajstić information content (AvgIpc) is 2.78. The minimum atomic E-state index is -0.295. The molecule has 114 valence electrons. The second-order valence-electron chi connectivity index (χ2n) is 5.68. The molecule has 0 aromatic heterocycles. The normalized spacial score (nSPS) is 21.6. The Kier molecular flexibility index (Phi) is 4.68. The molecule has 0 aliphatic carbocycles. The van der Waals surface area contributed by atoms with Crippen LogP contribution in [0, 0.1) is 6.92 Å². The second-order valence-corrected chi connectivity index (χ2v) is 5.68. The minimum absolute atomic E-state index is 0.0188. The van der Waals surface area contributed by atoms with Gasteiger partial charge in [-0.2, -0.15) is 0 Å². The third kappa shape index (κ3) is 3.10. The molecule has 21 heavy (non-hydrogen) atoms. The Bertz CT molecular complexity index is 534. The van der Waals surface area contributed by atoms with Crippen molar-refractivity contribution in [1.29, 1.82) is 0 Å². The van der Waals surface area contributed by atoms with Gasteiger partial charge in [-0.05, 0) is 39.6 Å². The van der Waals surface area contributed by atoms with Crippen molar-refractivity contribution in [2.75, 3.05) is 27.7 Å². The van der Waals surface area contributed by atoms with Gasteiger partial charge in [0.2, 0.25) is 0 Å². The molecule has 0 fully saturated rings. The molecule has 1 aliphatic rings. The number of carbonyl (C=O) groups is 1. The van der Waals surface area contributed by atoms with Crippen LogP contribution in [-0.2, 0) is 9.53 Å². The van der Waals surface area contributed by atoms with E-state index in [1.165, 1.54) is 5.56 Å². The molecule has 1 aromatic rings. The molecule has 1 heterocycles. The number of hydrogen-bond acceptors (Lipinski definition) is 4. The summed E-state index contributed by atoms with van der Waals surface area (Å²) >= 11 is 0. The minimum Gasteiger partial charge on any atom is -0.464 e. The summed E-state index contributed by atoms with van der Waals surface area (Å²) in [6, 6.07) is 8.09. The maximum Gasteiger partial charge on any atom is 0.330 e. The summed E-state index contributed by atoms with van der Waals surface area (Å²) in [5.74, 6) is -0.169. The summed E-state index contributed by atoms with van der Waals surface area (Å²) in [7, 11) is 5.93. The van der Waals surface area contributed by atoms with Crippen LogP contribution in [0.5, 0.6) is 0 Å². The van der Waals surface area contributed by atoms with E-state index in [4.69, 9.17) is 4.74 Å². The maximum atomic E-state index is 12.3. The van der Waals surface area contributed by atoms with E-state index in [9.17, 15) is 4.79 Å². The number of ether oxygens (including phenoxy) is 1. The Morgan fingerprint density at radius 2 is 1.90 bits per heavy atom. The van der Waals surface area contributed by atoms with Gasteiger partial charge in [0.15, 0.2) is 0 Å². The lowest BCUT2D eigenvalue weighted by atomic mass is 10.1. The SMILES string of the molecule is CCOC(=O)[C@H]1[C@@H](N(C)C)C=C(c2ccc(C)cc2)N1C. The van der Waals surface area contributed by atoms with Gasteiger partial charge in [-0.25, -0.2) is 4.79 Å². The predicted octanol–water partition coefficient (Wildman–Crippen LogP) is 2.14. The number of aryl methyl sites for hydroxylation is 1. The van der Waals surface area contributed by atoms with E-state index in [2.05, 4.69) is 42.2 Å². The monoisotopic (exact) mass is 288 g/mol. The maximum absolute atomic E-state index is 12.3. The van der Waals surface area contributed by atoms with E-state index in [0.29, 0.717) is 6.61 Å². The number of hydrogen-bond donors (Lipinski definition) is 0. The molecular weight excluding hydrogens is 264 g/mol. The molecule has 0 amide bonds. The smallest absolute Gasteiger partial charge is 0.330 e. The molecule has 2 atom stereocenters. The number of carbonyl (C=O) groups excluding carboxylic acids is 1. The molecule has 2 rings (SSSR count). The van der Waals surface area contributed by atoms with Gasteiger partial charge in [0, 0.05) is 12.7 Å². The Hall–Kier alpha value is -1.81. The van der Waals surface area contributed by atoms with Crippen LogP contribution < -0.4 is 0 Å². The third-order valence-electron chi connectivity index (χ3n) is 3.92. The van der Waals surface area contributed by atoms with E-state index >= 15 is 0 Å². The van der Waals surface area contributed by atoms with Gasteiger partial charge in [0.05, 0.1) is 12.6 Å². The zero-order valence-electron chi connectivity index (χ0n) is 13.5. The lowest BCUT2D eigenvalue weighted by Crippen LogP contribution is -2.47. The van der Waals surface area contributed by atoms with E-state index in [1.807, 2.05) is 33.0 Å². The molecule has 0 saturated heterocycles. The van der Waals surface area contributed by atoms with Crippen molar-refractivity contribution in [1.82, 2.24) is 9.80 Å². The highest BCUT2D eigenvalue weighted by molar-refractivity contribution is 5.83. The van der Waals surface area contributed by atoms with E-state index < -0.39 is 0 Å². The molecule has 4 heteroatoms. The summed E-state index contributed by atoms with van der Waals surface area (Å²) < 4.78 is 5.24. The summed E-state index contributed by atoms with van der Waals surface area (Å²) in [5.41, 5.74) is 3.43. The summed E-state index contributed by atoms with van der Waals surface area (Å²) in [4.78, 5) is 16.4. The van der Waals surface area contributed by atoms with Gasteiger partial charge >= 0.3 is 5.97 Å². The fourth-order valence-corrected chi connectivity index (χ4v) is 2.73. The average molecular weight is 288 g/mol. The summed E-state index contributed by atoms with van der Waals surface area (Å²) in [6.07, 6.45) is 2.15. The van der Waals surface area contributed by atoms with Crippen LogP contribution >= 0.6 is 0 Å². The quantitative estimate of drug-likeness (QED) is 0.795. The fraction of sp³-hybridized carbons (Fsp3) is 0.471. The number of benzene rings is 1. The molecular formula is C17H24N2O2. The van der Waals surface area contributed by atoms with E-state index in [0.717, 1.165) is 11.3 Å². The zero-order valence-corrected chi connectivity index (χ0v) is 13.5. The molecule has 0 saturated carbocycles. The molecule has 0 N–H and O–H groups in total. The first-order valence-electron chi connectivity index (χ1n) is 7.30. The first-order valence-corrected chi connectivity index (χ1v) is 7.30. The van der Waals surface area contributed by atoms with Crippen LogP contribution in [0.4, 0.5) is 0 Å². The van der Waals surface area contributed by atoms with Crippen molar-refractivity contribution in [3.63, 3.8) is 0 Å². The van der Waals surface area contributed by atoms with Gasteiger partial charge in [-0.15, -0.1) is 0 Å². The lowest BCUT2D eigenvalue weighted by molar-refractivity contribution is -0.148. The number of nitrogens with zero attached hydrogens (tertiary/aromatic N) is 2. The Morgan fingerprint density at radius 1 is 1.29 bits per heavy atom. The first-order chi connectivity index (χ1) is 9.95. The lowest BCUT2D eigenvalue weighted by Gasteiger charge is -2.29. The molecule has 0 spiro atoms. The van der Waals surface area contributed by atoms with Crippen molar-refractivity contribution in [3.8, 4) is 0 Å². The van der Waals surface area contributed by atoms with Crippen LogP contribution in [-0.4, -0.2) is 55.6 Å². The molecule has 0 unspecified atom stereocenters. The summed E-state index contributed by atoms with van der Waals surface area (Å²) in [5, 5.41) is 0.